The maximum atomic E-state index is 5.78. The monoisotopic (exact) mass is 381 g/mol. The maximum Gasteiger partial charge on any atom is 0.191 e. The van der Waals surface area contributed by atoms with Gasteiger partial charge in [0.05, 0.1) is 5.69 Å². The van der Waals surface area contributed by atoms with Crippen molar-refractivity contribution in [2.45, 2.75) is 32.4 Å². The Bertz CT molecular complexity index is 711. The van der Waals surface area contributed by atoms with Crippen LogP contribution >= 0.6 is 0 Å². The lowest BCUT2D eigenvalue weighted by atomic mass is 10.1. The van der Waals surface area contributed by atoms with Crippen molar-refractivity contribution in [3.8, 4) is 5.75 Å². The smallest absolute Gasteiger partial charge is 0.191 e. The van der Waals surface area contributed by atoms with E-state index < -0.39 is 0 Å². The van der Waals surface area contributed by atoms with Crippen LogP contribution in [0.3, 0.4) is 0 Å². The van der Waals surface area contributed by atoms with Crippen molar-refractivity contribution < 1.29 is 4.74 Å². The van der Waals surface area contributed by atoms with E-state index in [1.165, 1.54) is 37.9 Å². The lowest BCUT2D eigenvalue weighted by Gasteiger charge is -2.26. The van der Waals surface area contributed by atoms with E-state index in [-0.39, 0.29) is 0 Å². The van der Waals surface area contributed by atoms with E-state index in [1.807, 2.05) is 37.4 Å². The number of rotatable bonds is 8. The van der Waals surface area contributed by atoms with E-state index in [0.717, 1.165) is 37.0 Å². The molecule has 1 aliphatic heterocycles. The first-order chi connectivity index (χ1) is 13.8. The van der Waals surface area contributed by atoms with Gasteiger partial charge >= 0.3 is 0 Å². The predicted octanol–water partition coefficient (Wildman–Crippen LogP) is 2.81. The third kappa shape index (κ3) is 6.85. The molecule has 0 spiro atoms. The van der Waals surface area contributed by atoms with Crippen LogP contribution in [-0.2, 0) is 13.2 Å². The molecule has 0 radical (unpaired) electrons. The quantitative estimate of drug-likeness (QED) is 0.544. The Morgan fingerprint density at radius 3 is 2.61 bits per heavy atom. The molecule has 0 amide bonds. The van der Waals surface area contributed by atoms with E-state index in [2.05, 4.69) is 37.6 Å². The summed E-state index contributed by atoms with van der Waals surface area (Å²) in [6.45, 7) is 5.64. The minimum Gasteiger partial charge on any atom is -0.487 e. The van der Waals surface area contributed by atoms with Gasteiger partial charge in [0.2, 0.25) is 0 Å². The van der Waals surface area contributed by atoms with Crippen LogP contribution in [0.1, 0.15) is 30.5 Å². The zero-order valence-electron chi connectivity index (χ0n) is 16.7. The third-order valence-corrected chi connectivity index (χ3v) is 4.89. The second-order valence-corrected chi connectivity index (χ2v) is 7.01. The van der Waals surface area contributed by atoms with Crippen LogP contribution < -0.4 is 15.4 Å². The molecular formula is C22H31N5O. The predicted molar refractivity (Wildman–Crippen MR) is 114 cm³/mol. The Balaban J connectivity index is 1.36. The molecule has 0 saturated carbocycles. The molecule has 0 aliphatic carbocycles. The Morgan fingerprint density at radius 1 is 1.07 bits per heavy atom. The van der Waals surface area contributed by atoms with Crippen molar-refractivity contribution in [2.24, 2.45) is 4.99 Å². The largest absolute Gasteiger partial charge is 0.487 e. The van der Waals surface area contributed by atoms with Crippen LogP contribution in [-0.4, -0.2) is 49.1 Å². The number of aromatic nitrogens is 1. The molecule has 0 atom stereocenters. The summed E-state index contributed by atoms with van der Waals surface area (Å²) < 4.78 is 5.78. The summed E-state index contributed by atoms with van der Waals surface area (Å²) in [5, 5.41) is 6.77. The highest BCUT2D eigenvalue weighted by molar-refractivity contribution is 5.79. The molecule has 150 valence electrons. The lowest BCUT2D eigenvalue weighted by molar-refractivity contribution is 0.232. The molecule has 6 nitrogen and oxygen atoms in total. The third-order valence-electron chi connectivity index (χ3n) is 4.89. The molecule has 2 aromatic rings. The van der Waals surface area contributed by atoms with Gasteiger partial charge in [0.25, 0.3) is 0 Å². The number of likely N-dealkylation sites (tertiary alicyclic amines) is 1. The number of nitrogens with zero attached hydrogens (tertiary/aromatic N) is 3. The molecule has 28 heavy (non-hydrogen) atoms. The first-order valence-corrected chi connectivity index (χ1v) is 10.1. The van der Waals surface area contributed by atoms with Gasteiger partial charge in [-0.15, -0.1) is 0 Å². The first-order valence-electron chi connectivity index (χ1n) is 10.1. The highest BCUT2D eigenvalue weighted by atomic mass is 16.5. The SMILES string of the molecule is CN=C(NCCN1CCCCC1)NCc1ccc(OCc2ccccn2)cc1. The fourth-order valence-electron chi connectivity index (χ4n) is 3.27. The summed E-state index contributed by atoms with van der Waals surface area (Å²) >= 11 is 0. The average molecular weight is 382 g/mol. The molecule has 2 N–H and O–H groups in total. The molecule has 1 fully saturated rings. The minimum absolute atomic E-state index is 0.478. The zero-order chi connectivity index (χ0) is 19.4. The van der Waals surface area contributed by atoms with Crippen LogP contribution in [0.4, 0.5) is 0 Å². The molecule has 2 heterocycles. The molecule has 1 aliphatic rings. The Morgan fingerprint density at radius 2 is 1.89 bits per heavy atom. The molecule has 1 saturated heterocycles. The summed E-state index contributed by atoms with van der Waals surface area (Å²) in [4.78, 5) is 11.1. The fourth-order valence-corrected chi connectivity index (χ4v) is 3.27. The Labute approximate surface area is 168 Å². The number of hydrogen-bond acceptors (Lipinski definition) is 4. The number of guanidine groups is 1. The van der Waals surface area contributed by atoms with Gasteiger partial charge in [0.15, 0.2) is 5.96 Å². The van der Waals surface area contributed by atoms with Crippen LogP contribution in [0.5, 0.6) is 5.75 Å². The molecule has 1 aromatic heterocycles. The maximum absolute atomic E-state index is 5.78. The molecule has 0 unspecified atom stereocenters. The van der Waals surface area contributed by atoms with Gasteiger partial charge in [-0.25, -0.2) is 0 Å². The first kappa shape index (κ1) is 20.1. The zero-order valence-corrected chi connectivity index (χ0v) is 16.7. The van der Waals surface area contributed by atoms with Gasteiger partial charge in [0, 0.05) is 32.9 Å². The normalized spacial score (nSPS) is 15.2. The number of aliphatic imine (C=N–C) groups is 1. The molecular weight excluding hydrogens is 350 g/mol. The van der Waals surface area contributed by atoms with Crippen LogP contribution in [0, 0.1) is 0 Å². The summed E-state index contributed by atoms with van der Waals surface area (Å²) in [7, 11) is 1.81. The topological polar surface area (TPSA) is 61.8 Å². The highest BCUT2D eigenvalue weighted by Crippen LogP contribution is 2.13. The van der Waals surface area contributed by atoms with Gasteiger partial charge < -0.3 is 20.3 Å². The van der Waals surface area contributed by atoms with Gasteiger partial charge in [0.1, 0.15) is 12.4 Å². The van der Waals surface area contributed by atoms with Crippen molar-refractivity contribution in [2.75, 3.05) is 33.2 Å². The van der Waals surface area contributed by atoms with E-state index in [0.29, 0.717) is 6.61 Å². The molecule has 6 heteroatoms. The second-order valence-electron chi connectivity index (χ2n) is 7.01. The van der Waals surface area contributed by atoms with Crippen molar-refractivity contribution >= 4 is 5.96 Å². The summed E-state index contributed by atoms with van der Waals surface area (Å²) in [5.74, 6) is 1.69. The van der Waals surface area contributed by atoms with Crippen LogP contribution in [0.25, 0.3) is 0 Å². The van der Waals surface area contributed by atoms with Gasteiger partial charge in [-0.3, -0.25) is 9.98 Å². The van der Waals surface area contributed by atoms with Crippen molar-refractivity contribution in [1.29, 1.82) is 0 Å². The second kappa shape index (κ2) is 11.3. The highest BCUT2D eigenvalue weighted by Gasteiger charge is 2.09. The average Bonchev–Trinajstić information content (AvgIpc) is 2.77. The van der Waals surface area contributed by atoms with Crippen molar-refractivity contribution in [1.82, 2.24) is 20.5 Å². The molecule has 3 rings (SSSR count). The summed E-state index contributed by atoms with van der Waals surface area (Å²) in [6, 6.07) is 14.0. The Hall–Kier alpha value is -2.60. The number of benzene rings is 1. The summed E-state index contributed by atoms with van der Waals surface area (Å²) in [5.41, 5.74) is 2.11. The lowest BCUT2D eigenvalue weighted by Crippen LogP contribution is -2.42. The van der Waals surface area contributed by atoms with Crippen LogP contribution in [0.15, 0.2) is 53.7 Å². The molecule has 0 bridgehead atoms. The molecule has 1 aromatic carbocycles. The van der Waals surface area contributed by atoms with E-state index >= 15 is 0 Å². The Kier molecular flexibility index (Phi) is 8.12. The number of ether oxygens (including phenoxy) is 1. The van der Waals surface area contributed by atoms with Crippen molar-refractivity contribution in [3.63, 3.8) is 0 Å². The van der Waals surface area contributed by atoms with E-state index in [9.17, 15) is 0 Å². The van der Waals surface area contributed by atoms with Crippen LogP contribution in [0.2, 0.25) is 0 Å². The van der Waals surface area contributed by atoms with Crippen molar-refractivity contribution in [3.05, 3.63) is 59.9 Å². The van der Waals surface area contributed by atoms with Gasteiger partial charge in [-0.05, 0) is 55.8 Å². The number of pyridine rings is 1. The standard InChI is InChI=1S/C22H31N5O/c1-23-22(25-13-16-27-14-5-2-6-15-27)26-17-19-8-10-21(11-9-19)28-18-20-7-3-4-12-24-20/h3-4,7-12H,2,5-6,13-18H2,1H3,(H2,23,25,26). The number of piperidine rings is 1. The fraction of sp³-hybridized carbons (Fsp3) is 0.455. The summed E-state index contributed by atoms with van der Waals surface area (Å²) in [6.07, 6.45) is 5.81. The van der Waals surface area contributed by atoms with E-state index in [4.69, 9.17) is 4.74 Å². The van der Waals surface area contributed by atoms with Gasteiger partial charge in [-0.1, -0.05) is 24.6 Å². The minimum atomic E-state index is 0.478. The van der Waals surface area contributed by atoms with Gasteiger partial charge in [-0.2, -0.15) is 0 Å². The number of nitrogens with one attached hydrogen (secondary N) is 2. The van der Waals surface area contributed by atoms with E-state index in [1.54, 1.807) is 6.20 Å². The number of hydrogen-bond donors (Lipinski definition) is 2.